The van der Waals surface area contributed by atoms with Gasteiger partial charge in [0, 0.05) is 10.7 Å². The van der Waals surface area contributed by atoms with Crippen LogP contribution in [0.1, 0.15) is 36.9 Å². The van der Waals surface area contributed by atoms with Crippen LogP contribution in [0.3, 0.4) is 0 Å². The quantitative estimate of drug-likeness (QED) is 0.614. The zero-order chi connectivity index (χ0) is 13.9. The zero-order valence-corrected chi connectivity index (χ0v) is 12.8. The fourth-order valence-electron chi connectivity index (χ4n) is 2.91. The van der Waals surface area contributed by atoms with Crippen LogP contribution in [0.5, 0.6) is 0 Å². The Hall–Kier alpha value is -1.05. The minimum atomic E-state index is 0.592. The van der Waals surface area contributed by atoms with Gasteiger partial charge in [-0.3, -0.25) is 0 Å². The first-order chi connectivity index (χ1) is 9.74. The summed E-state index contributed by atoms with van der Waals surface area (Å²) in [5, 5.41) is 1.35. The Morgan fingerprint density at radius 1 is 0.850 bits per heavy atom. The first-order valence-corrected chi connectivity index (χ1v) is 7.94. The molecule has 0 fully saturated rings. The maximum atomic E-state index is 6.22. The molecule has 1 aliphatic carbocycles. The van der Waals surface area contributed by atoms with E-state index in [1.54, 1.807) is 0 Å². The highest BCUT2D eigenvalue weighted by atomic mass is 35.5. The molecule has 0 radical (unpaired) electrons. The fraction of sp³-hybridized carbons (Fsp3) is 0.353. The van der Waals surface area contributed by atoms with Crippen molar-refractivity contribution in [2.45, 2.75) is 38.5 Å². The Bertz CT molecular complexity index is 605. The van der Waals surface area contributed by atoms with E-state index in [4.69, 9.17) is 23.2 Å². The summed E-state index contributed by atoms with van der Waals surface area (Å²) in [4.78, 5) is 4.56. The van der Waals surface area contributed by atoms with Gasteiger partial charge in [0.2, 0.25) is 0 Å². The van der Waals surface area contributed by atoms with Crippen molar-refractivity contribution in [3.63, 3.8) is 0 Å². The summed E-state index contributed by atoms with van der Waals surface area (Å²) in [6, 6.07) is 9.98. The van der Waals surface area contributed by atoms with Crippen LogP contribution in [0.15, 0.2) is 30.3 Å². The summed E-state index contributed by atoms with van der Waals surface area (Å²) >= 11 is 12.2. The molecule has 1 nitrogen and oxygen atoms in total. The zero-order valence-electron chi connectivity index (χ0n) is 11.3. The number of aryl methyl sites for hydroxylation is 1. The van der Waals surface area contributed by atoms with Crippen LogP contribution in [0.25, 0.3) is 11.1 Å². The maximum Gasteiger partial charge on any atom is 0.129 e. The van der Waals surface area contributed by atoms with Gasteiger partial charge in [-0.1, -0.05) is 48.2 Å². The second-order valence-electron chi connectivity index (χ2n) is 5.34. The van der Waals surface area contributed by atoms with E-state index in [0.717, 1.165) is 17.9 Å². The lowest BCUT2D eigenvalue weighted by molar-refractivity contribution is 0.609. The second kappa shape index (κ2) is 6.15. The van der Waals surface area contributed by atoms with Crippen molar-refractivity contribution in [2.24, 2.45) is 0 Å². The average molecular weight is 306 g/mol. The van der Waals surface area contributed by atoms with Crippen LogP contribution in [0.4, 0.5) is 0 Å². The molecule has 0 unspecified atom stereocenters. The molecule has 1 aliphatic rings. The lowest BCUT2D eigenvalue weighted by Crippen LogP contribution is -2.05. The molecule has 3 heteroatoms. The molecule has 0 bridgehead atoms. The molecule has 1 aromatic heterocycles. The molecule has 0 aliphatic heterocycles. The number of hydrogen-bond donors (Lipinski definition) is 0. The molecule has 0 N–H and O–H groups in total. The molecule has 0 saturated heterocycles. The second-order valence-corrected chi connectivity index (χ2v) is 6.16. The lowest BCUT2D eigenvalue weighted by atomic mass is 9.91. The van der Waals surface area contributed by atoms with Crippen LogP contribution in [0, 0.1) is 0 Å². The summed E-state index contributed by atoms with van der Waals surface area (Å²) in [5.74, 6) is 0. The van der Waals surface area contributed by atoms with Gasteiger partial charge < -0.3 is 0 Å². The first-order valence-electron chi connectivity index (χ1n) is 7.18. The average Bonchev–Trinajstić information content (AvgIpc) is 2.41. The van der Waals surface area contributed by atoms with Gasteiger partial charge >= 0.3 is 0 Å². The molecule has 1 heterocycles. The van der Waals surface area contributed by atoms with Crippen molar-refractivity contribution in [3.8, 4) is 11.1 Å². The number of rotatable bonds is 1. The number of hydrogen-bond acceptors (Lipinski definition) is 1. The Morgan fingerprint density at radius 2 is 1.55 bits per heavy atom. The topological polar surface area (TPSA) is 12.9 Å². The normalized spacial score (nSPS) is 15.3. The largest absolute Gasteiger partial charge is 0.241 e. The van der Waals surface area contributed by atoms with Crippen molar-refractivity contribution in [2.75, 3.05) is 0 Å². The molecule has 20 heavy (non-hydrogen) atoms. The Morgan fingerprint density at radius 3 is 2.30 bits per heavy atom. The van der Waals surface area contributed by atoms with Crippen molar-refractivity contribution in [1.29, 1.82) is 0 Å². The number of pyridine rings is 1. The summed E-state index contributed by atoms with van der Waals surface area (Å²) in [7, 11) is 0. The highest BCUT2D eigenvalue weighted by molar-refractivity contribution is 6.30. The standard InChI is InChI=1S/C17H17Cl2N/c18-13-9-7-12(8-10-13)15-11-17(19)20-16-6-4-2-1-3-5-14(15)16/h7-11H,1-6H2. The molecule has 0 amide bonds. The number of nitrogens with zero attached hydrogens (tertiary/aromatic N) is 1. The van der Waals surface area contributed by atoms with E-state index < -0.39 is 0 Å². The maximum absolute atomic E-state index is 6.22. The lowest BCUT2D eigenvalue weighted by Gasteiger charge is -2.17. The summed E-state index contributed by atoms with van der Waals surface area (Å²) in [6.07, 6.45) is 7.18. The Labute approximate surface area is 129 Å². The van der Waals surface area contributed by atoms with Gasteiger partial charge in [0.15, 0.2) is 0 Å². The number of aromatic nitrogens is 1. The molecule has 104 valence electrons. The third-order valence-corrected chi connectivity index (χ3v) is 4.37. The summed E-state index contributed by atoms with van der Waals surface area (Å²) < 4.78 is 0. The van der Waals surface area contributed by atoms with Gasteiger partial charge in [-0.15, -0.1) is 0 Å². The van der Waals surface area contributed by atoms with Crippen molar-refractivity contribution < 1.29 is 0 Å². The molecular weight excluding hydrogens is 289 g/mol. The molecule has 2 aromatic rings. The van der Waals surface area contributed by atoms with E-state index in [1.165, 1.54) is 48.1 Å². The van der Waals surface area contributed by atoms with Gasteiger partial charge in [0.1, 0.15) is 5.15 Å². The number of fused-ring (bicyclic) bond motifs is 1. The first kappa shape index (κ1) is 13.9. The highest BCUT2D eigenvalue weighted by Gasteiger charge is 2.15. The fourth-order valence-corrected chi connectivity index (χ4v) is 3.25. The van der Waals surface area contributed by atoms with E-state index in [1.807, 2.05) is 18.2 Å². The van der Waals surface area contributed by atoms with Gasteiger partial charge in [-0.05, 0) is 60.6 Å². The van der Waals surface area contributed by atoms with Crippen LogP contribution in [0.2, 0.25) is 10.2 Å². The minimum Gasteiger partial charge on any atom is -0.241 e. The molecule has 0 spiro atoms. The van der Waals surface area contributed by atoms with E-state index in [0.29, 0.717) is 5.15 Å². The van der Waals surface area contributed by atoms with Crippen LogP contribution in [-0.4, -0.2) is 4.98 Å². The minimum absolute atomic E-state index is 0.592. The third-order valence-electron chi connectivity index (χ3n) is 3.92. The monoisotopic (exact) mass is 305 g/mol. The predicted octanol–water partition coefficient (Wildman–Crippen LogP) is 5.71. The molecule has 1 aromatic carbocycles. The third kappa shape index (κ3) is 2.99. The Balaban J connectivity index is 2.11. The van der Waals surface area contributed by atoms with Crippen molar-refractivity contribution >= 4 is 23.2 Å². The van der Waals surface area contributed by atoms with Crippen molar-refractivity contribution in [1.82, 2.24) is 4.98 Å². The van der Waals surface area contributed by atoms with Gasteiger partial charge in [-0.25, -0.2) is 4.98 Å². The molecule has 3 rings (SSSR count). The van der Waals surface area contributed by atoms with Gasteiger partial charge in [0.05, 0.1) is 0 Å². The van der Waals surface area contributed by atoms with Gasteiger partial charge in [0.25, 0.3) is 0 Å². The molecular formula is C17H17Cl2N. The summed E-state index contributed by atoms with van der Waals surface area (Å²) in [5.41, 5.74) is 4.95. The van der Waals surface area contributed by atoms with Crippen molar-refractivity contribution in [3.05, 3.63) is 51.8 Å². The highest BCUT2D eigenvalue weighted by Crippen LogP contribution is 2.32. The molecule has 0 saturated carbocycles. The SMILES string of the molecule is Clc1ccc(-c2cc(Cl)nc3c2CCCCCC3)cc1. The smallest absolute Gasteiger partial charge is 0.129 e. The van der Waals surface area contributed by atoms with Gasteiger partial charge in [-0.2, -0.15) is 0 Å². The molecule has 0 atom stereocenters. The number of halogens is 2. The van der Waals surface area contributed by atoms with Crippen LogP contribution < -0.4 is 0 Å². The van der Waals surface area contributed by atoms with E-state index >= 15 is 0 Å². The van der Waals surface area contributed by atoms with E-state index in [9.17, 15) is 0 Å². The summed E-state index contributed by atoms with van der Waals surface area (Å²) in [6.45, 7) is 0. The predicted molar refractivity (Wildman–Crippen MR) is 85.6 cm³/mol. The number of benzene rings is 1. The Kier molecular flexibility index (Phi) is 4.28. The van der Waals surface area contributed by atoms with Crippen LogP contribution in [-0.2, 0) is 12.8 Å². The van der Waals surface area contributed by atoms with E-state index in [2.05, 4.69) is 17.1 Å². The van der Waals surface area contributed by atoms with Crippen LogP contribution >= 0.6 is 23.2 Å². The van der Waals surface area contributed by atoms with E-state index in [-0.39, 0.29) is 0 Å².